The predicted molar refractivity (Wildman–Crippen MR) is 100 cm³/mol. The zero-order chi connectivity index (χ0) is 16.8. The van der Waals surface area contributed by atoms with Gasteiger partial charge < -0.3 is 9.64 Å². The molecule has 0 saturated carbocycles. The highest BCUT2D eigenvalue weighted by Crippen LogP contribution is 2.50. The number of aryl methyl sites for hydroxylation is 4. The van der Waals surface area contributed by atoms with Crippen molar-refractivity contribution in [3.8, 4) is 11.5 Å². The van der Waals surface area contributed by atoms with Crippen molar-refractivity contribution in [3.63, 3.8) is 0 Å². The molecule has 2 heteroatoms. The van der Waals surface area contributed by atoms with Crippen molar-refractivity contribution < 1.29 is 4.74 Å². The third-order valence-electron chi connectivity index (χ3n) is 4.40. The minimum atomic E-state index is 0.909. The van der Waals surface area contributed by atoms with Crippen LogP contribution in [0.1, 0.15) is 22.3 Å². The molecule has 0 N–H and O–H groups in total. The number of ether oxygens (including phenoxy) is 1. The number of nitrogens with zero attached hydrogens (tertiary/aromatic N) is 1. The Balaban J connectivity index is 1.98. The molecular weight excluding hydrogens is 294 g/mol. The Morgan fingerprint density at radius 2 is 1.08 bits per heavy atom. The molecule has 0 aliphatic carbocycles. The van der Waals surface area contributed by atoms with E-state index in [-0.39, 0.29) is 0 Å². The third-order valence-corrected chi connectivity index (χ3v) is 4.40. The van der Waals surface area contributed by atoms with Crippen molar-refractivity contribution in [3.05, 3.63) is 76.9 Å². The first-order valence-corrected chi connectivity index (χ1v) is 8.29. The van der Waals surface area contributed by atoms with E-state index < -0.39 is 0 Å². The van der Waals surface area contributed by atoms with Gasteiger partial charge in [0.2, 0.25) is 0 Å². The van der Waals surface area contributed by atoms with Crippen molar-refractivity contribution in [2.75, 3.05) is 4.90 Å². The molecule has 1 aliphatic heterocycles. The number of fused-ring (bicyclic) bond motifs is 2. The first-order valence-electron chi connectivity index (χ1n) is 8.29. The van der Waals surface area contributed by atoms with Crippen molar-refractivity contribution in [1.82, 2.24) is 0 Å². The number of hydrogen-bond acceptors (Lipinski definition) is 2. The summed E-state index contributed by atoms with van der Waals surface area (Å²) in [5.74, 6) is 1.82. The molecule has 0 saturated heterocycles. The molecule has 120 valence electrons. The highest BCUT2D eigenvalue weighted by molar-refractivity contribution is 5.86. The lowest BCUT2D eigenvalue weighted by Crippen LogP contribution is -2.16. The summed E-state index contributed by atoms with van der Waals surface area (Å²) in [6.07, 6.45) is 0. The SMILES string of the molecule is Cc1cc(C)cc(N2c3ccc(C)cc3Oc3cc(C)ccc32)c1. The smallest absolute Gasteiger partial charge is 0.151 e. The highest BCUT2D eigenvalue weighted by Gasteiger charge is 2.26. The van der Waals surface area contributed by atoms with Crippen LogP contribution in [-0.2, 0) is 0 Å². The summed E-state index contributed by atoms with van der Waals surface area (Å²) in [6, 6.07) is 19.4. The van der Waals surface area contributed by atoms with Gasteiger partial charge in [0.05, 0.1) is 11.4 Å². The molecule has 0 amide bonds. The summed E-state index contributed by atoms with van der Waals surface area (Å²) >= 11 is 0. The Morgan fingerprint density at radius 3 is 1.58 bits per heavy atom. The Kier molecular flexibility index (Phi) is 3.34. The van der Waals surface area contributed by atoms with Crippen molar-refractivity contribution in [1.29, 1.82) is 0 Å². The van der Waals surface area contributed by atoms with Gasteiger partial charge in [0.15, 0.2) is 11.5 Å². The maximum Gasteiger partial charge on any atom is 0.151 e. The van der Waals surface area contributed by atoms with Crippen LogP contribution < -0.4 is 9.64 Å². The molecule has 2 nitrogen and oxygen atoms in total. The number of hydrogen-bond donors (Lipinski definition) is 0. The lowest BCUT2D eigenvalue weighted by atomic mass is 10.1. The van der Waals surface area contributed by atoms with Gasteiger partial charge >= 0.3 is 0 Å². The lowest BCUT2D eigenvalue weighted by Gasteiger charge is -2.33. The van der Waals surface area contributed by atoms with Crippen LogP contribution in [0.5, 0.6) is 11.5 Å². The average Bonchev–Trinajstić information content (AvgIpc) is 2.51. The normalized spacial score (nSPS) is 12.4. The van der Waals surface area contributed by atoms with E-state index in [1.165, 1.54) is 27.9 Å². The molecular formula is C22H21NO. The van der Waals surface area contributed by atoms with Gasteiger partial charge in [-0.15, -0.1) is 0 Å². The van der Waals surface area contributed by atoms with Crippen LogP contribution in [0, 0.1) is 27.7 Å². The van der Waals surface area contributed by atoms with E-state index >= 15 is 0 Å². The minimum Gasteiger partial charge on any atom is -0.453 e. The summed E-state index contributed by atoms with van der Waals surface area (Å²) in [7, 11) is 0. The molecule has 0 aromatic heterocycles. The second kappa shape index (κ2) is 5.41. The van der Waals surface area contributed by atoms with Crippen molar-refractivity contribution in [2.45, 2.75) is 27.7 Å². The number of anilines is 3. The second-order valence-corrected chi connectivity index (χ2v) is 6.73. The Labute approximate surface area is 143 Å². The van der Waals surface area contributed by atoms with Gasteiger partial charge in [-0.05, 0) is 86.3 Å². The van der Waals surface area contributed by atoms with E-state index in [1.54, 1.807) is 0 Å². The Hall–Kier alpha value is -2.74. The number of rotatable bonds is 1. The van der Waals surface area contributed by atoms with E-state index in [1.807, 2.05) is 0 Å². The van der Waals surface area contributed by atoms with Gasteiger partial charge in [-0.1, -0.05) is 18.2 Å². The van der Waals surface area contributed by atoms with E-state index in [4.69, 9.17) is 4.74 Å². The second-order valence-electron chi connectivity index (χ2n) is 6.73. The first kappa shape index (κ1) is 14.8. The molecule has 0 fully saturated rings. The van der Waals surface area contributed by atoms with Crippen molar-refractivity contribution >= 4 is 17.1 Å². The zero-order valence-electron chi connectivity index (χ0n) is 14.6. The maximum atomic E-state index is 6.21. The van der Waals surface area contributed by atoms with Crippen LogP contribution >= 0.6 is 0 Å². The molecule has 0 spiro atoms. The predicted octanol–water partition coefficient (Wildman–Crippen LogP) is 6.50. The van der Waals surface area contributed by atoms with Crippen LogP contribution in [0.25, 0.3) is 0 Å². The fraction of sp³-hybridized carbons (Fsp3) is 0.182. The van der Waals surface area contributed by atoms with Gasteiger partial charge in [0.1, 0.15) is 0 Å². The largest absolute Gasteiger partial charge is 0.453 e. The molecule has 3 aromatic carbocycles. The van der Waals surface area contributed by atoms with Crippen LogP contribution in [0.3, 0.4) is 0 Å². The third kappa shape index (κ3) is 2.44. The first-order chi connectivity index (χ1) is 11.5. The highest BCUT2D eigenvalue weighted by atomic mass is 16.5. The quantitative estimate of drug-likeness (QED) is 0.398. The van der Waals surface area contributed by atoms with Crippen LogP contribution in [0.2, 0.25) is 0 Å². The topological polar surface area (TPSA) is 12.5 Å². The summed E-state index contributed by atoms with van der Waals surface area (Å²) in [5.41, 5.74) is 8.27. The zero-order valence-corrected chi connectivity index (χ0v) is 14.6. The van der Waals surface area contributed by atoms with Crippen molar-refractivity contribution in [2.24, 2.45) is 0 Å². The van der Waals surface area contributed by atoms with E-state index in [0.717, 1.165) is 22.9 Å². The molecule has 1 aliphatic rings. The summed E-state index contributed by atoms with van der Waals surface area (Å²) in [6.45, 7) is 8.47. The van der Waals surface area contributed by atoms with Gasteiger partial charge in [-0.3, -0.25) is 0 Å². The van der Waals surface area contributed by atoms with Crippen LogP contribution in [0.4, 0.5) is 17.1 Å². The lowest BCUT2D eigenvalue weighted by molar-refractivity contribution is 0.476. The molecule has 0 bridgehead atoms. The van der Waals surface area contributed by atoms with Gasteiger partial charge in [-0.2, -0.15) is 0 Å². The Bertz CT molecular complexity index is 871. The molecule has 3 aromatic rings. The molecule has 4 rings (SSSR count). The summed E-state index contributed by atoms with van der Waals surface area (Å²) < 4.78 is 6.21. The molecule has 0 atom stereocenters. The summed E-state index contributed by atoms with van der Waals surface area (Å²) in [5, 5.41) is 0. The van der Waals surface area contributed by atoms with Gasteiger partial charge in [0, 0.05) is 5.69 Å². The van der Waals surface area contributed by atoms with E-state index in [0.29, 0.717) is 0 Å². The monoisotopic (exact) mass is 315 g/mol. The molecule has 24 heavy (non-hydrogen) atoms. The molecule has 0 radical (unpaired) electrons. The Morgan fingerprint density at radius 1 is 0.583 bits per heavy atom. The molecule has 1 heterocycles. The standard InChI is InChI=1S/C22H21NO/c1-14-5-7-19-21(12-14)24-22-13-15(2)6-8-20(22)23(19)18-10-16(3)9-17(4)11-18/h5-13H,1-4H3. The minimum absolute atomic E-state index is 0.909. The van der Waals surface area contributed by atoms with Crippen LogP contribution in [-0.4, -0.2) is 0 Å². The van der Waals surface area contributed by atoms with Gasteiger partial charge in [-0.25, -0.2) is 0 Å². The summed E-state index contributed by atoms with van der Waals surface area (Å²) in [4.78, 5) is 2.30. The fourth-order valence-electron chi connectivity index (χ4n) is 3.38. The fourth-order valence-corrected chi connectivity index (χ4v) is 3.38. The molecule has 0 unspecified atom stereocenters. The van der Waals surface area contributed by atoms with Gasteiger partial charge in [0.25, 0.3) is 0 Å². The van der Waals surface area contributed by atoms with E-state index in [2.05, 4.69) is 87.2 Å². The van der Waals surface area contributed by atoms with E-state index in [9.17, 15) is 0 Å². The number of benzene rings is 3. The average molecular weight is 315 g/mol. The van der Waals surface area contributed by atoms with Crippen LogP contribution in [0.15, 0.2) is 54.6 Å². The maximum absolute atomic E-state index is 6.21.